The van der Waals surface area contributed by atoms with Crippen LogP contribution in [-0.2, 0) is 6.42 Å². The van der Waals surface area contributed by atoms with E-state index in [9.17, 15) is 5.11 Å². The van der Waals surface area contributed by atoms with Gasteiger partial charge in [0.1, 0.15) is 18.0 Å². The molecule has 1 saturated carbocycles. The number of nitrogen functional groups attached to an aromatic ring is 1. The van der Waals surface area contributed by atoms with Crippen molar-refractivity contribution in [2.75, 3.05) is 17.3 Å². The van der Waals surface area contributed by atoms with Gasteiger partial charge in [0.25, 0.3) is 0 Å². The standard InChI is InChI=1S/C12H21N5O/c1-2-3-9-11(15-7-16-12(9)17-13)14-6-10(18)8-4-5-8/h7-8,10,18H,2-6,13H2,1H3,(H2,14,15,16,17). The Morgan fingerprint density at radius 3 is 2.78 bits per heavy atom. The van der Waals surface area contributed by atoms with Gasteiger partial charge in [0.15, 0.2) is 0 Å². The average Bonchev–Trinajstić information content (AvgIpc) is 3.21. The Hall–Kier alpha value is -1.40. The third-order valence-electron chi connectivity index (χ3n) is 3.23. The SMILES string of the molecule is CCCc1c(NN)ncnc1NCC(O)C1CC1. The van der Waals surface area contributed by atoms with Crippen molar-refractivity contribution in [2.24, 2.45) is 11.8 Å². The van der Waals surface area contributed by atoms with Crippen LogP contribution in [0, 0.1) is 5.92 Å². The lowest BCUT2D eigenvalue weighted by Crippen LogP contribution is -2.23. The molecule has 1 fully saturated rings. The van der Waals surface area contributed by atoms with Crippen molar-refractivity contribution in [3.8, 4) is 0 Å². The van der Waals surface area contributed by atoms with Gasteiger partial charge in [0.05, 0.1) is 6.10 Å². The minimum atomic E-state index is -0.288. The Morgan fingerprint density at radius 1 is 1.44 bits per heavy atom. The average molecular weight is 251 g/mol. The Kier molecular flexibility index (Phi) is 4.33. The number of nitrogens with one attached hydrogen (secondary N) is 2. The van der Waals surface area contributed by atoms with Crippen LogP contribution in [0.2, 0.25) is 0 Å². The van der Waals surface area contributed by atoms with Crippen molar-refractivity contribution in [3.63, 3.8) is 0 Å². The molecule has 0 amide bonds. The first-order valence-corrected chi connectivity index (χ1v) is 6.48. The number of nitrogens with zero attached hydrogens (tertiary/aromatic N) is 2. The summed E-state index contributed by atoms with van der Waals surface area (Å²) in [4.78, 5) is 8.33. The molecule has 1 aromatic heterocycles. The smallest absolute Gasteiger partial charge is 0.148 e. The lowest BCUT2D eigenvalue weighted by molar-refractivity contribution is 0.164. The first-order chi connectivity index (χ1) is 8.76. The summed E-state index contributed by atoms with van der Waals surface area (Å²) in [6.07, 6.45) is 5.28. The van der Waals surface area contributed by atoms with E-state index >= 15 is 0 Å². The fourth-order valence-electron chi connectivity index (χ4n) is 2.02. The molecule has 6 nitrogen and oxygen atoms in total. The molecule has 0 bridgehead atoms. The molecule has 1 aliphatic rings. The fourth-order valence-corrected chi connectivity index (χ4v) is 2.02. The first-order valence-electron chi connectivity index (χ1n) is 6.48. The zero-order valence-corrected chi connectivity index (χ0v) is 10.7. The molecule has 0 spiro atoms. The molecule has 2 rings (SSSR count). The summed E-state index contributed by atoms with van der Waals surface area (Å²) in [6.45, 7) is 2.62. The second-order valence-corrected chi connectivity index (χ2v) is 4.73. The summed E-state index contributed by atoms with van der Waals surface area (Å²) in [5, 5.41) is 13.0. The minimum absolute atomic E-state index is 0.288. The van der Waals surface area contributed by atoms with E-state index in [-0.39, 0.29) is 6.10 Å². The number of hydrogen-bond acceptors (Lipinski definition) is 6. The van der Waals surface area contributed by atoms with Gasteiger partial charge >= 0.3 is 0 Å². The van der Waals surface area contributed by atoms with E-state index in [0.717, 1.165) is 37.1 Å². The van der Waals surface area contributed by atoms with E-state index in [0.29, 0.717) is 18.3 Å². The zero-order valence-electron chi connectivity index (χ0n) is 10.7. The van der Waals surface area contributed by atoms with Gasteiger partial charge in [-0.1, -0.05) is 13.3 Å². The molecule has 18 heavy (non-hydrogen) atoms. The van der Waals surface area contributed by atoms with Gasteiger partial charge in [-0.3, -0.25) is 0 Å². The van der Waals surface area contributed by atoms with Gasteiger partial charge in [-0.25, -0.2) is 15.8 Å². The quantitative estimate of drug-likeness (QED) is 0.425. The van der Waals surface area contributed by atoms with Gasteiger partial charge < -0.3 is 15.8 Å². The van der Waals surface area contributed by atoms with Gasteiger partial charge in [-0.15, -0.1) is 0 Å². The molecule has 100 valence electrons. The highest BCUT2D eigenvalue weighted by atomic mass is 16.3. The van der Waals surface area contributed by atoms with Gasteiger partial charge in [0, 0.05) is 12.1 Å². The summed E-state index contributed by atoms with van der Waals surface area (Å²) in [6, 6.07) is 0. The summed E-state index contributed by atoms with van der Waals surface area (Å²) >= 11 is 0. The van der Waals surface area contributed by atoms with Crippen molar-refractivity contribution < 1.29 is 5.11 Å². The van der Waals surface area contributed by atoms with Crippen molar-refractivity contribution in [2.45, 2.75) is 38.7 Å². The Labute approximate surface area is 107 Å². The zero-order chi connectivity index (χ0) is 13.0. The normalized spacial score (nSPS) is 16.4. The van der Waals surface area contributed by atoms with E-state index in [1.165, 1.54) is 6.33 Å². The molecule has 1 aromatic rings. The summed E-state index contributed by atoms with van der Waals surface area (Å²) in [5.74, 6) is 7.32. The molecule has 1 atom stereocenters. The number of rotatable bonds is 7. The van der Waals surface area contributed by atoms with Gasteiger partial charge in [-0.2, -0.15) is 0 Å². The van der Waals surface area contributed by atoms with Crippen molar-refractivity contribution in [1.82, 2.24) is 9.97 Å². The predicted molar refractivity (Wildman–Crippen MR) is 71.1 cm³/mol. The lowest BCUT2D eigenvalue weighted by atomic mass is 10.1. The van der Waals surface area contributed by atoms with E-state index in [1.54, 1.807) is 0 Å². The molecule has 1 aliphatic carbocycles. The van der Waals surface area contributed by atoms with Crippen LogP contribution in [0.1, 0.15) is 31.7 Å². The molecular formula is C12H21N5O. The number of aliphatic hydroxyl groups is 1. The highest BCUT2D eigenvalue weighted by Crippen LogP contribution is 2.32. The lowest BCUT2D eigenvalue weighted by Gasteiger charge is -2.15. The molecule has 5 N–H and O–H groups in total. The highest BCUT2D eigenvalue weighted by molar-refractivity contribution is 5.56. The maximum Gasteiger partial charge on any atom is 0.148 e. The van der Waals surface area contributed by atoms with Crippen molar-refractivity contribution >= 4 is 11.6 Å². The predicted octanol–water partition coefficient (Wildman–Crippen LogP) is 0.897. The molecule has 1 unspecified atom stereocenters. The number of anilines is 2. The van der Waals surface area contributed by atoms with Crippen LogP contribution in [-0.4, -0.2) is 27.7 Å². The van der Waals surface area contributed by atoms with E-state index in [2.05, 4.69) is 27.6 Å². The van der Waals surface area contributed by atoms with Crippen LogP contribution in [0.4, 0.5) is 11.6 Å². The maximum atomic E-state index is 9.85. The largest absolute Gasteiger partial charge is 0.391 e. The van der Waals surface area contributed by atoms with Crippen molar-refractivity contribution in [3.05, 3.63) is 11.9 Å². The van der Waals surface area contributed by atoms with Crippen molar-refractivity contribution in [1.29, 1.82) is 0 Å². The number of aliphatic hydroxyl groups excluding tert-OH is 1. The molecule has 6 heteroatoms. The molecule has 1 heterocycles. The molecule has 0 radical (unpaired) electrons. The monoisotopic (exact) mass is 251 g/mol. The van der Waals surface area contributed by atoms with Crippen LogP contribution in [0.15, 0.2) is 6.33 Å². The fraction of sp³-hybridized carbons (Fsp3) is 0.667. The first kappa shape index (κ1) is 13.0. The number of aromatic nitrogens is 2. The topological polar surface area (TPSA) is 96.1 Å². The van der Waals surface area contributed by atoms with E-state index < -0.39 is 0 Å². The summed E-state index contributed by atoms with van der Waals surface area (Å²) in [5.41, 5.74) is 3.57. The minimum Gasteiger partial charge on any atom is -0.391 e. The van der Waals surface area contributed by atoms with E-state index in [4.69, 9.17) is 5.84 Å². The third-order valence-corrected chi connectivity index (χ3v) is 3.23. The molecule has 0 saturated heterocycles. The van der Waals surface area contributed by atoms with Gasteiger partial charge in [-0.05, 0) is 25.2 Å². The van der Waals surface area contributed by atoms with Crippen LogP contribution in [0.3, 0.4) is 0 Å². The number of hydrazine groups is 1. The molecule has 0 aliphatic heterocycles. The maximum absolute atomic E-state index is 9.85. The Balaban J connectivity index is 2.05. The van der Waals surface area contributed by atoms with Gasteiger partial charge in [0.2, 0.25) is 0 Å². The second-order valence-electron chi connectivity index (χ2n) is 4.73. The van der Waals surface area contributed by atoms with Crippen LogP contribution < -0.4 is 16.6 Å². The number of nitrogens with two attached hydrogens (primary N) is 1. The third kappa shape index (κ3) is 3.08. The van der Waals surface area contributed by atoms with E-state index in [1.807, 2.05) is 0 Å². The van der Waals surface area contributed by atoms with Crippen LogP contribution >= 0.6 is 0 Å². The van der Waals surface area contributed by atoms with Crippen LogP contribution in [0.25, 0.3) is 0 Å². The molecule has 0 aromatic carbocycles. The van der Waals surface area contributed by atoms with Crippen LogP contribution in [0.5, 0.6) is 0 Å². The number of hydrogen-bond donors (Lipinski definition) is 4. The summed E-state index contributed by atoms with van der Waals surface area (Å²) in [7, 11) is 0. The highest BCUT2D eigenvalue weighted by Gasteiger charge is 2.29. The molecular weight excluding hydrogens is 230 g/mol. The Bertz CT molecular complexity index is 394. The Morgan fingerprint density at radius 2 is 2.17 bits per heavy atom. The second kappa shape index (κ2) is 5.97. The summed E-state index contributed by atoms with van der Waals surface area (Å²) < 4.78 is 0.